The molecule has 5 nitrogen and oxygen atoms in total. The van der Waals surface area contributed by atoms with Gasteiger partial charge in [0, 0.05) is 31.2 Å². The lowest BCUT2D eigenvalue weighted by Gasteiger charge is -2.24. The van der Waals surface area contributed by atoms with Crippen LogP contribution < -0.4 is 5.32 Å². The Morgan fingerprint density at radius 2 is 2.12 bits per heavy atom. The second-order valence-corrected chi connectivity index (χ2v) is 10.0. The van der Waals surface area contributed by atoms with Gasteiger partial charge in [-0.1, -0.05) is 30.3 Å². The lowest BCUT2D eigenvalue weighted by atomic mass is 9.92. The molecule has 0 unspecified atom stereocenters. The maximum Gasteiger partial charge on any atom is 0.304 e. The number of rotatable bonds is 9. The first kappa shape index (κ1) is 21.4. The van der Waals surface area contributed by atoms with Gasteiger partial charge in [-0.05, 0) is 86.1 Å². The molecule has 2 aliphatic heterocycles. The van der Waals surface area contributed by atoms with Crippen LogP contribution in [0.1, 0.15) is 72.7 Å². The van der Waals surface area contributed by atoms with Crippen molar-refractivity contribution < 1.29 is 9.90 Å². The first-order valence-corrected chi connectivity index (χ1v) is 12.4. The monoisotopic (exact) mass is 433 g/mol. The molecule has 3 aliphatic rings. The van der Waals surface area contributed by atoms with Gasteiger partial charge in [0.05, 0.1) is 6.42 Å². The molecule has 2 fully saturated rings. The summed E-state index contributed by atoms with van der Waals surface area (Å²) >= 11 is 0. The highest BCUT2D eigenvalue weighted by molar-refractivity contribution is 5.68. The Kier molecular flexibility index (Phi) is 6.44. The molecule has 1 aliphatic carbocycles. The number of anilines is 1. The first-order chi connectivity index (χ1) is 15.6. The van der Waals surface area contributed by atoms with Crippen LogP contribution in [0.3, 0.4) is 0 Å². The maximum atomic E-state index is 11.6. The van der Waals surface area contributed by atoms with Gasteiger partial charge in [0.15, 0.2) is 0 Å². The van der Waals surface area contributed by atoms with Gasteiger partial charge in [0.2, 0.25) is 0 Å². The summed E-state index contributed by atoms with van der Waals surface area (Å²) in [5, 5.41) is 13.0. The summed E-state index contributed by atoms with van der Waals surface area (Å²) in [5.74, 6) is 1.83. The quantitative estimate of drug-likeness (QED) is 0.593. The van der Waals surface area contributed by atoms with Crippen molar-refractivity contribution in [3.05, 3.63) is 58.8 Å². The number of hydrogen-bond acceptors (Lipinski definition) is 4. The number of carboxylic acid groups (broad SMARTS) is 1. The molecule has 2 aromatic rings. The number of aliphatic carboxylic acids is 1. The summed E-state index contributed by atoms with van der Waals surface area (Å²) in [5.41, 5.74) is 5.13. The van der Waals surface area contributed by atoms with E-state index in [-0.39, 0.29) is 12.3 Å². The number of hydrogen-bond donors (Lipinski definition) is 2. The van der Waals surface area contributed by atoms with Crippen LogP contribution in [0.2, 0.25) is 0 Å². The number of aryl methyl sites for hydroxylation is 2. The second-order valence-electron chi connectivity index (χ2n) is 10.0. The van der Waals surface area contributed by atoms with Gasteiger partial charge in [0.25, 0.3) is 0 Å². The van der Waals surface area contributed by atoms with Gasteiger partial charge in [0.1, 0.15) is 5.82 Å². The summed E-state index contributed by atoms with van der Waals surface area (Å²) < 4.78 is 0. The zero-order valence-corrected chi connectivity index (χ0v) is 18.9. The third kappa shape index (κ3) is 5.32. The minimum atomic E-state index is -0.699. The molecule has 0 spiro atoms. The van der Waals surface area contributed by atoms with Crippen molar-refractivity contribution in [2.24, 2.45) is 5.92 Å². The molecule has 0 bridgehead atoms. The number of benzene rings is 1. The summed E-state index contributed by atoms with van der Waals surface area (Å²) in [6.45, 7) is 4.02. The van der Waals surface area contributed by atoms with Crippen molar-refractivity contribution in [2.75, 3.05) is 31.5 Å². The molecule has 1 saturated heterocycles. The van der Waals surface area contributed by atoms with Crippen molar-refractivity contribution in [3.8, 4) is 0 Å². The Morgan fingerprint density at radius 1 is 1.22 bits per heavy atom. The van der Waals surface area contributed by atoms with Crippen LogP contribution >= 0.6 is 0 Å². The molecule has 1 aromatic carbocycles. The molecule has 3 heterocycles. The van der Waals surface area contributed by atoms with Crippen LogP contribution in [0, 0.1) is 5.92 Å². The molecule has 32 heavy (non-hydrogen) atoms. The van der Waals surface area contributed by atoms with Crippen molar-refractivity contribution >= 4 is 11.8 Å². The smallest absolute Gasteiger partial charge is 0.304 e. The number of likely N-dealkylation sites (tertiary alicyclic amines) is 1. The third-order valence-corrected chi connectivity index (χ3v) is 7.46. The molecule has 0 amide bonds. The topological polar surface area (TPSA) is 65.5 Å². The van der Waals surface area contributed by atoms with E-state index >= 15 is 0 Å². The molecule has 2 N–H and O–H groups in total. The van der Waals surface area contributed by atoms with E-state index in [0.29, 0.717) is 11.8 Å². The van der Waals surface area contributed by atoms with Crippen LogP contribution in [0.4, 0.5) is 5.82 Å². The van der Waals surface area contributed by atoms with E-state index in [1.165, 1.54) is 48.1 Å². The predicted molar refractivity (Wildman–Crippen MR) is 127 cm³/mol. The van der Waals surface area contributed by atoms with E-state index in [9.17, 15) is 9.90 Å². The Balaban J connectivity index is 1.17. The molecule has 170 valence electrons. The molecule has 1 saturated carbocycles. The molecule has 1 aromatic heterocycles. The molecule has 5 rings (SSSR count). The van der Waals surface area contributed by atoms with E-state index in [1.807, 2.05) is 0 Å². The number of carboxylic acids is 1. The van der Waals surface area contributed by atoms with Crippen LogP contribution in [0.25, 0.3) is 0 Å². The lowest BCUT2D eigenvalue weighted by Crippen LogP contribution is -2.28. The molecular formula is C27H35N3O2. The Hall–Kier alpha value is -2.40. The van der Waals surface area contributed by atoms with Gasteiger partial charge in [-0.15, -0.1) is 0 Å². The summed E-state index contributed by atoms with van der Waals surface area (Å²) in [4.78, 5) is 18.9. The zero-order valence-electron chi connectivity index (χ0n) is 18.9. The minimum absolute atomic E-state index is 0.0679. The normalized spacial score (nSPS) is 21.7. The van der Waals surface area contributed by atoms with Gasteiger partial charge >= 0.3 is 5.97 Å². The van der Waals surface area contributed by atoms with Crippen molar-refractivity contribution in [2.45, 2.75) is 63.2 Å². The van der Waals surface area contributed by atoms with Crippen molar-refractivity contribution in [3.63, 3.8) is 0 Å². The second kappa shape index (κ2) is 9.62. The zero-order chi connectivity index (χ0) is 21.9. The largest absolute Gasteiger partial charge is 0.481 e. The van der Waals surface area contributed by atoms with Gasteiger partial charge in [-0.25, -0.2) is 4.98 Å². The Labute approximate surface area is 191 Å². The number of carbonyl (C=O) groups is 1. The average Bonchev–Trinajstić information content (AvgIpc) is 3.57. The predicted octanol–water partition coefficient (Wildman–Crippen LogP) is 4.83. The molecule has 5 heteroatoms. The Morgan fingerprint density at radius 3 is 2.97 bits per heavy atom. The van der Waals surface area contributed by atoms with E-state index in [2.05, 4.69) is 46.6 Å². The van der Waals surface area contributed by atoms with E-state index in [4.69, 9.17) is 4.98 Å². The van der Waals surface area contributed by atoms with Crippen LogP contribution in [0.5, 0.6) is 0 Å². The summed E-state index contributed by atoms with van der Waals surface area (Å²) in [7, 11) is 0. The molecule has 2 atom stereocenters. The number of fused-ring (bicyclic) bond motifs is 1. The van der Waals surface area contributed by atoms with Crippen LogP contribution in [0.15, 0.2) is 36.4 Å². The highest BCUT2D eigenvalue weighted by atomic mass is 16.4. The van der Waals surface area contributed by atoms with Gasteiger partial charge in [-0.2, -0.15) is 0 Å². The average molecular weight is 434 g/mol. The summed E-state index contributed by atoms with van der Waals surface area (Å²) in [6, 6.07) is 13.2. The standard InChI is InChI=1S/C27H35N3O2/c31-26(32)16-24(23-4-1-3-22(15-23)20-7-8-20)18-30-14-12-19(17-30)6-10-25-11-9-21-5-2-13-28-27(21)29-25/h1,3-4,9,11,15,19-20,24H,2,5-8,10,12-14,16-18H2,(H,28,29)(H,31,32)/t19-,24+/m1/s1. The fourth-order valence-corrected chi connectivity index (χ4v) is 5.47. The first-order valence-electron chi connectivity index (χ1n) is 12.4. The van der Waals surface area contributed by atoms with E-state index in [0.717, 1.165) is 51.3 Å². The van der Waals surface area contributed by atoms with E-state index in [1.54, 1.807) is 0 Å². The van der Waals surface area contributed by atoms with E-state index < -0.39 is 5.97 Å². The number of nitrogens with one attached hydrogen (secondary N) is 1. The fraction of sp³-hybridized carbons (Fsp3) is 0.556. The summed E-state index contributed by atoms with van der Waals surface area (Å²) in [6.07, 6.45) is 8.46. The number of nitrogens with zero attached hydrogens (tertiary/aromatic N) is 2. The fourth-order valence-electron chi connectivity index (χ4n) is 5.47. The highest BCUT2D eigenvalue weighted by Gasteiger charge is 2.28. The SMILES string of the molecule is O=C(O)C[C@@H](CN1CC[C@@H](CCc2ccc3c(n2)NCCC3)C1)c1cccc(C2CC2)c1. The maximum absolute atomic E-state index is 11.6. The minimum Gasteiger partial charge on any atom is -0.481 e. The Bertz CT molecular complexity index is 956. The van der Waals surface area contributed by atoms with Crippen LogP contribution in [-0.4, -0.2) is 47.1 Å². The third-order valence-electron chi connectivity index (χ3n) is 7.46. The number of pyridine rings is 1. The number of aromatic nitrogens is 1. The molecular weight excluding hydrogens is 398 g/mol. The van der Waals surface area contributed by atoms with Crippen LogP contribution in [-0.2, 0) is 17.6 Å². The molecule has 0 radical (unpaired) electrons. The highest BCUT2D eigenvalue weighted by Crippen LogP contribution is 2.41. The van der Waals surface area contributed by atoms with Crippen molar-refractivity contribution in [1.29, 1.82) is 0 Å². The van der Waals surface area contributed by atoms with Crippen molar-refractivity contribution in [1.82, 2.24) is 9.88 Å². The lowest BCUT2D eigenvalue weighted by molar-refractivity contribution is -0.137. The van der Waals surface area contributed by atoms with Gasteiger partial charge < -0.3 is 15.3 Å². The van der Waals surface area contributed by atoms with Gasteiger partial charge in [-0.3, -0.25) is 4.79 Å².